The van der Waals surface area contributed by atoms with Crippen molar-refractivity contribution in [2.45, 2.75) is 6.10 Å². The normalized spacial score (nSPS) is 19.5. The van der Waals surface area contributed by atoms with E-state index >= 15 is 0 Å². The number of ether oxygens (including phenoxy) is 1. The summed E-state index contributed by atoms with van der Waals surface area (Å²) in [6, 6.07) is 4.25. The summed E-state index contributed by atoms with van der Waals surface area (Å²) in [7, 11) is 0. The zero-order valence-electron chi connectivity index (χ0n) is 8.66. The van der Waals surface area contributed by atoms with Gasteiger partial charge in [-0.2, -0.15) is 0 Å². The fraction of sp³-hybridized carbons (Fsp3) is 0.250. The highest BCUT2D eigenvalue weighted by molar-refractivity contribution is 5.48. The Kier molecular flexibility index (Phi) is 2.88. The maximum absolute atomic E-state index is 13.3. The molecule has 0 bridgehead atoms. The van der Waals surface area contributed by atoms with Crippen LogP contribution in [0.3, 0.4) is 0 Å². The summed E-state index contributed by atoms with van der Waals surface area (Å²) in [6.07, 6.45) is -0.113. The molecule has 1 saturated heterocycles. The Morgan fingerprint density at radius 2 is 2.38 bits per heavy atom. The minimum Gasteiger partial charge on any atom is -0.485 e. The molecule has 1 aromatic carbocycles. The second-order valence-corrected chi connectivity index (χ2v) is 3.62. The van der Waals surface area contributed by atoms with Gasteiger partial charge in [0.05, 0.1) is 6.57 Å². The highest BCUT2D eigenvalue weighted by Crippen LogP contribution is 2.24. The van der Waals surface area contributed by atoms with Crippen molar-refractivity contribution in [2.75, 3.05) is 13.1 Å². The molecular weight excluding hydrogens is 207 g/mol. The molecule has 2 rings (SSSR count). The number of rotatable bonds is 2. The van der Waals surface area contributed by atoms with Gasteiger partial charge in [0.25, 0.3) is 0 Å². The van der Waals surface area contributed by atoms with Crippen LogP contribution in [0.4, 0.5) is 10.1 Å². The van der Waals surface area contributed by atoms with E-state index in [0.29, 0.717) is 12.3 Å². The number of nitrogens with zero attached hydrogens (tertiary/aromatic N) is 1. The van der Waals surface area contributed by atoms with Crippen molar-refractivity contribution in [3.05, 3.63) is 47.6 Å². The standard InChI is InChI=1S/C12H11FN2O/c1-8-6-15-7-12(8)16-9-3-4-11(14-2)10(13)5-9/h3-5,12,15H,1,6-7H2/t12-/m0/s1. The van der Waals surface area contributed by atoms with Gasteiger partial charge >= 0.3 is 0 Å². The second kappa shape index (κ2) is 4.33. The van der Waals surface area contributed by atoms with Crippen LogP contribution in [0.1, 0.15) is 0 Å². The Morgan fingerprint density at radius 3 is 2.94 bits per heavy atom. The molecule has 82 valence electrons. The highest BCUT2D eigenvalue weighted by Gasteiger charge is 2.20. The first-order chi connectivity index (χ1) is 7.70. The van der Waals surface area contributed by atoms with Crippen molar-refractivity contribution in [1.29, 1.82) is 0 Å². The molecule has 0 unspecified atom stereocenters. The topological polar surface area (TPSA) is 25.6 Å². The summed E-state index contributed by atoms with van der Waals surface area (Å²) in [6.45, 7) is 12.0. The van der Waals surface area contributed by atoms with E-state index in [2.05, 4.69) is 16.7 Å². The van der Waals surface area contributed by atoms with Crippen LogP contribution in [0.15, 0.2) is 30.4 Å². The fourth-order valence-electron chi connectivity index (χ4n) is 1.56. The monoisotopic (exact) mass is 218 g/mol. The molecule has 4 heteroatoms. The third-order valence-electron chi connectivity index (χ3n) is 2.46. The van der Waals surface area contributed by atoms with E-state index in [4.69, 9.17) is 11.3 Å². The molecule has 0 amide bonds. The number of halogens is 1. The van der Waals surface area contributed by atoms with Gasteiger partial charge in [-0.25, -0.2) is 9.24 Å². The predicted octanol–water partition coefficient (Wildman–Crippen LogP) is 2.28. The van der Waals surface area contributed by atoms with Crippen LogP contribution in [-0.2, 0) is 0 Å². The lowest BCUT2D eigenvalue weighted by atomic mass is 10.2. The average Bonchev–Trinajstić information content (AvgIpc) is 2.65. The summed E-state index contributed by atoms with van der Waals surface area (Å²) in [4.78, 5) is 3.05. The van der Waals surface area contributed by atoms with Crippen molar-refractivity contribution in [1.82, 2.24) is 5.32 Å². The van der Waals surface area contributed by atoms with Gasteiger partial charge in [0.1, 0.15) is 17.7 Å². The first-order valence-electron chi connectivity index (χ1n) is 4.93. The summed E-state index contributed by atoms with van der Waals surface area (Å²) in [5, 5.41) is 3.11. The number of nitrogens with one attached hydrogen (secondary N) is 1. The van der Waals surface area contributed by atoms with Crippen LogP contribution in [-0.4, -0.2) is 19.2 Å². The van der Waals surface area contributed by atoms with Gasteiger partial charge in [-0.05, 0) is 17.7 Å². The smallest absolute Gasteiger partial charge is 0.222 e. The molecule has 1 aliphatic rings. The number of hydrogen-bond acceptors (Lipinski definition) is 2. The fourth-order valence-corrected chi connectivity index (χ4v) is 1.56. The lowest BCUT2D eigenvalue weighted by molar-refractivity contribution is 0.255. The van der Waals surface area contributed by atoms with E-state index in [-0.39, 0.29) is 11.8 Å². The van der Waals surface area contributed by atoms with Crippen molar-refractivity contribution in [2.24, 2.45) is 0 Å². The average molecular weight is 218 g/mol. The molecule has 0 spiro atoms. The van der Waals surface area contributed by atoms with E-state index in [9.17, 15) is 4.39 Å². The zero-order chi connectivity index (χ0) is 11.5. The van der Waals surface area contributed by atoms with Crippen molar-refractivity contribution in [3.8, 4) is 5.75 Å². The third kappa shape index (κ3) is 2.05. The Labute approximate surface area is 93.4 Å². The van der Waals surface area contributed by atoms with E-state index in [0.717, 1.165) is 12.1 Å². The van der Waals surface area contributed by atoms with E-state index in [1.165, 1.54) is 12.1 Å². The van der Waals surface area contributed by atoms with E-state index < -0.39 is 5.82 Å². The van der Waals surface area contributed by atoms with Crippen LogP contribution in [0.5, 0.6) is 5.75 Å². The first kappa shape index (κ1) is 10.7. The van der Waals surface area contributed by atoms with Crippen LogP contribution in [0, 0.1) is 12.4 Å². The molecule has 3 nitrogen and oxygen atoms in total. The van der Waals surface area contributed by atoms with Crippen LogP contribution >= 0.6 is 0 Å². The molecule has 0 aliphatic carbocycles. The van der Waals surface area contributed by atoms with Gasteiger partial charge < -0.3 is 10.1 Å². The molecule has 1 atom stereocenters. The maximum atomic E-state index is 13.3. The molecule has 1 aromatic rings. The molecule has 0 aromatic heterocycles. The molecule has 0 saturated carbocycles. The number of benzene rings is 1. The summed E-state index contributed by atoms with van der Waals surface area (Å²) in [5.74, 6) is -0.121. The molecule has 1 N–H and O–H groups in total. The highest BCUT2D eigenvalue weighted by atomic mass is 19.1. The van der Waals surface area contributed by atoms with E-state index in [1.54, 1.807) is 6.07 Å². The number of hydrogen-bond donors (Lipinski definition) is 1. The Balaban J connectivity index is 2.14. The summed E-state index contributed by atoms with van der Waals surface area (Å²) >= 11 is 0. The first-order valence-corrected chi connectivity index (χ1v) is 4.93. The Hall–Kier alpha value is -1.86. The van der Waals surface area contributed by atoms with Gasteiger partial charge in [-0.1, -0.05) is 6.58 Å². The minimum atomic E-state index is -0.552. The molecule has 1 fully saturated rings. The van der Waals surface area contributed by atoms with Gasteiger partial charge in [0, 0.05) is 19.2 Å². The Bertz CT molecular complexity index is 465. The van der Waals surface area contributed by atoms with Gasteiger partial charge in [0.15, 0.2) is 0 Å². The third-order valence-corrected chi connectivity index (χ3v) is 2.46. The largest absolute Gasteiger partial charge is 0.485 e. The lowest BCUT2D eigenvalue weighted by Crippen LogP contribution is -2.20. The van der Waals surface area contributed by atoms with Crippen LogP contribution < -0.4 is 10.1 Å². The van der Waals surface area contributed by atoms with Crippen LogP contribution in [0.25, 0.3) is 4.85 Å². The SMILES string of the molecule is [C-]#[N+]c1ccc(O[C@H]2CNCC2=C)cc1F. The second-order valence-electron chi connectivity index (χ2n) is 3.62. The van der Waals surface area contributed by atoms with Gasteiger partial charge in [-0.3, -0.25) is 0 Å². The minimum absolute atomic E-state index is 0.00993. The van der Waals surface area contributed by atoms with Gasteiger partial charge in [0.2, 0.25) is 5.69 Å². The predicted molar refractivity (Wildman–Crippen MR) is 59.1 cm³/mol. The summed E-state index contributed by atoms with van der Waals surface area (Å²) < 4.78 is 18.9. The molecular formula is C12H11FN2O. The van der Waals surface area contributed by atoms with Crippen molar-refractivity contribution in [3.63, 3.8) is 0 Å². The molecule has 1 heterocycles. The van der Waals surface area contributed by atoms with Crippen LogP contribution in [0.2, 0.25) is 0 Å². The van der Waals surface area contributed by atoms with E-state index in [1.807, 2.05) is 0 Å². The summed E-state index contributed by atoms with van der Waals surface area (Å²) in [5.41, 5.74) is 0.963. The van der Waals surface area contributed by atoms with Crippen molar-refractivity contribution < 1.29 is 9.13 Å². The molecule has 16 heavy (non-hydrogen) atoms. The van der Waals surface area contributed by atoms with Crippen molar-refractivity contribution >= 4 is 5.69 Å². The molecule has 1 aliphatic heterocycles. The quantitative estimate of drug-likeness (QED) is 0.608. The zero-order valence-corrected chi connectivity index (χ0v) is 8.66. The van der Waals surface area contributed by atoms with Gasteiger partial charge in [-0.15, -0.1) is 0 Å². The molecule has 0 radical (unpaired) electrons. The Morgan fingerprint density at radius 1 is 1.56 bits per heavy atom. The lowest BCUT2D eigenvalue weighted by Gasteiger charge is -2.13. The maximum Gasteiger partial charge on any atom is 0.222 e.